The van der Waals surface area contributed by atoms with E-state index in [1.165, 1.54) is 0 Å². The maximum Gasteiger partial charge on any atom is 0.198 e. The summed E-state index contributed by atoms with van der Waals surface area (Å²) in [5.74, 6) is 0.273. The van der Waals surface area contributed by atoms with E-state index in [0.717, 1.165) is 47.0 Å². The minimum absolute atomic E-state index is 0.00672. The molecule has 3 aromatic rings. The van der Waals surface area contributed by atoms with E-state index >= 15 is 0 Å². The van der Waals surface area contributed by atoms with Gasteiger partial charge in [-0.2, -0.15) is 0 Å². The van der Waals surface area contributed by atoms with Gasteiger partial charge in [0.05, 0.1) is 16.9 Å². The fourth-order valence-electron chi connectivity index (χ4n) is 3.85. The Morgan fingerprint density at radius 1 is 1.03 bits per heavy atom. The van der Waals surface area contributed by atoms with Crippen LogP contribution in [0.3, 0.4) is 0 Å². The topological polar surface area (TPSA) is 65.5 Å². The molecule has 2 N–H and O–H groups in total. The van der Waals surface area contributed by atoms with Crippen LogP contribution in [-0.2, 0) is 6.54 Å². The van der Waals surface area contributed by atoms with E-state index in [1.54, 1.807) is 6.07 Å². The number of pyridine rings is 1. The van der Waals surface area contributed by atoms with Gasteiger partial charge in [0.25, 0.3) is 0 Å². The largest absolute Gasteiger partial charge is 0.508 e. The van der Waals surface area contributed by atoms with E-state index < -0.39 is 0 Å². The molecule has 1 heterocycles. The van der Waals surface area contributed by atoms with Gasteiger partial charge in [0.1, 0.15) is 5.75 Å². The highest BCUT2D eigenvalue weighted by Crippen LogP contribution is 2.40. The number of anilines is 2. The van der Waals surface area contributed by atoms with Crippen LogP contribution in [0.2, 0.25) is 0 Å². The normalized spacial score (nSPS) is 12.2. The fraction of sp³-hybridized carbons (Fsp3) is 0.250. The lowest BCUT2D eigenvalue weighted by atomic mass is 10.1. The quantitative estimate of drug-likeness (QED) is 0.461. The minimum Gasteiger partial charge on any atom is -0.508 e. The van der Waals surface area contributed by atoms with Crippen molar-refractivity contribution < 1.29 is 9.90 Å². The molecule has 0 saturated heterocycles. The van der Waals surface area contributed by atoms with Crippen molar-refractivity contribution in [3.63, 3.8) is 0 Å². The van der Waals surface area contributed by atoms with E-state index in [2.05, 4.69) is 29.0 Å². The van der Waals surface area contributed by atoms with Gasteiger partial charge >= 0.3 is 0 Å². The first kappa shape index (κ1) is 19.2. The zero-order chi connectivity index (χ0) is 20.5. The molecule has 0 saturated carbocycles. The first-order valence-corrected chi connectivity index (χ1v) is 9.98. The van der Waals surface area contributed by atoms with Crippen molar-refractivity contribution in [1.29, 1.82) is 0 Å². The zero-order valence-electron chi connectivity index (χ0n) is 17.0. The molecule has 4 rings (SSSR count). The first-order valence-electron chi connectivity index (χ1n) is 9.98. The number of phenolic OH excluding ortho intramolecular Hbond substituents is 1. The molecule has 0 atom stereocenters. The van der Waals surface area contributed by atoms with Crippen LogP contribution in [0.5, 0.6) is 5.75 Å². The molecule has 1 aliphatic rings. The van der Waals surface area contributed by atoms with Gasteiger partial charge in [0.2, 0.25) is 0 Å². The average Bonchev–Trinajstić information content (AvgIpc) is 3.01. The van der Waals surface area contributed by atoms with E-state index in [1.807, 2.05) is 49.4 Å². The second-order valence-electron chi connectivity index (χ2n) is 7.34. The van der Waals surface area contributed by atoms with Gasteiger partial charge in [-0.1, -0.05) is 38.1 Å². The van der Waals surface area contributed by atoms with Gasteiger partial charge in [0.15, 0.2) is 5.78 Å². The number of ketones is 1. The Labute approximate surface area is 171 Å². The molecule has 1 aliphatic carbocycles. The highest BCUT2D eigenvalue weighted by Gasteiger charge is 2.30. The van der Waals surface area contributed by atoms with E-state index in [-0.39, 0.29) is 11.5 Å². The summed E-state index contributed by atoms with van der Waals surface area (Å²) in [6, 6.07) is 15.0. The first-order chi connectivity index (χ1) is 14.0. The maximum absolute atomic E-state index is 13.0. The lowest BCUT2D eigenvalue weighted by Crippen LogP contribution is -2.22. The minimum atomic E-state index is -0.00672. The van der Waals surface area contributed by atoms with Gasteiger partial charge in [-0.15, -0.1) is 0 Å². The fourth-order valence-corrected chi connectivity index (χ4v) is 3.85. The van der Waals surface area contributed by atoms with Crippen molar-refractivity contribution in [3.05, 3.63) is 70.9 Å². The van der Waals surface area contributed by atoms with E-state index in [4.69, 9.17) is 0 Å². The number of nitrogens with zero attached hydrogens (tertiary/aromatic N) is 2. The van der Waals surface area contributed by atoms with Crippen LogP contribution in [0.15, 0.2) is 48.5 Å². The second kappa shape index (κ2) is 7.68. The number of benzene rings is 2. The molecule has 0 unspecified atom stereocenters. The molecular formula is C24H25N3O2. The molecule has 29 heavy (non-hydrogen) atoms. The zero-order valence-corrected chi connectivity index (χ0v) is 17.0. The Bertz CT molecular complexity index is 1090. The van der Waals surface area contributed by atoms with Crippen LogP contribution < -0.4 is 5.32 Å². The number of hydrogen-bond donors (Lipinski definition) is 2. The van der Waals surface area contributed by atoms with Crippen LogP contribution in [0, 0.1) is 6.92 Å². The Balaban J connectivity index is 1.72. The molecule has 0 bridgehead atoms. The Morgan fingerprint density at radius 3 is 2.48 bits per heavy atom. The van der Waals surface area contributed by atoms with Crippen molar-refractivity contribution in [2.24, 2.45) is 0 Å². The van der Waals surface area contributed by atoms with Gasteiger partial charge in [-0.25, -0.2) is 0 Å². The monoisotopic (exact) mass is 387 g/mol. The smallest absolute Gasteiger partial charge is 0.198 e. The number of nitrogens with one attached hydrogen (secondary N) is 1. The number of aromatic hydroxyl groups is 1. The van der Waals surface area contributed by atoms with Crippen LogP contribution in [0.1, 0.15) is 41.0 Å². The van der Waals surface area contributed by atoms with Crippen molar-refractivity contribution in [2.75, 3.05) is 18.4 Å². The molecule has 0 spiro atoms. The van der Waals surface area contributed by atoms with E-state index in [9.17, 15) is 9.90 Å². The summed E-state index contributed by atoms with van der Waals surface area (Å²) in [7, 11) is 0. The third kappa shape index (κ3) is 3.49. The lowest BCUT2D eigenvalue weighted by molar-refractivity contribution is 0.104. The van der Waals surface area contributed by atoms with Gasteiger partial charge in [-0.3, -0.25) is 14.7 Å². The van der Waals surface area contributed by atoms with Crippen molar-refractivity contribution in [3.8, 4) is 17.0 Å². The van der Waals surface area contributed by atoms with Crippen LogP contribution in [0.25, 0.3) is 11.3 Å². The Morgan fingerprint density at radius 2 is 1.76 bits per heavy atom. The summed E-state index contributed by atoms with van der Waals surface area (Å²) < 4.78 is 0. The van der Waals surface area contributed by atoms with Crippen LogP contribution in [0.4, 0.5) is 11.4 Å². The van der Waals surface area contributed by atoms with Crippen molar-refractivity contribution in [1.82, 2.24) is 9.88 Å². The average molecular weight is 387 g/mol. The summed E-state index contributed by atoms with van der Waals surface area (Å²) in [4.78, 5) is 19.9. The number of carbonyl (C=O) groups excluding carboxylic acids is 1. The highest BCUT2D eigenvalue weighted by molar-refractivity contribution is 6.23. The maximum atomic E-state index is 13.0. The second-order valence-corrected chi connectivity index (χ2v) is 7.34. The molecule has 0 aliphatic heterocycles. The molecule has 0 fully saturated rings. The molecular weight excluding hydrogens is 362 g/mol. The van der Waals surface area contributed by atoms with Crippen LogP contribution in [-0.4, -0.2) is 33.9 Å². The van der Waals surface area contributed by atoms with E-state index in [0.29, 0.717) is 17.7 Å². The molecule has 5 nitrogen and oxygen atoms in total. The number of phenols is 1. The standard InChI is InChI=1S/C24H25N3O2/c1-4-27(5-2)14-16-13-17(10-11-21(16)28)26-20-12-15(3)25-23-18-8-6-7-9-19(18)24(29)22(20)23/h6-13,28H,4-5,14H2,1-3H3,(H,25,26). The predicted octanol–water partition coefficient (Wildman–Crippen LogP) is 4.89. The number of aromatic nitrogens is 1. The highest BCUT2D eigenvalue weighted by atomic mass is 16.3. The Hall–Kier alpha value is -3.18. The summed E-state index contributed by atoms with van der Waals surface area (Å²) in [5, 5.41) is 13.7. The van der Waals surface area contributed by atoms with Gasteiger partial charge < -0.3 is 10.4 Å². The lowest BCUT2D eigenvalue weighted by Gasteiger charge is -2.19. The number of hydrogen-bond acceptors (Lipinski definition) is 5. The van der Waals surface area contributed by atoms with Crippen molar-refractivity contribution >= 4 is 17.2 Å². The molecule has 1 aromatic heterocycles. The molecule has 148 valence electrons. The predicted molar refractivity (Wildman–Crippen MR) is 116 cm³/mol. The Kier molecular flexibility index (Phi) is 5.07. The van der Waals surface area contributed by atoms with Gasteiger partial charge in [0, 0.05) is 34.6 Å². The summed E-state index contributed by atoms with van der Waals surface area (Å²) in [6.45, 7) is 8.64. The summed E-state index contributed by atoms with van der Waals surface area (Å²) >= 11 is 0. The SMILES string of the molecule is CCN(CC)Cc1cc(Nc2cc(C)nc3c2C(=O)c2ccccc2-3)ccc1O. The number of aryl methyl sites for hydroxylation is 1. The van der Waals surface area contributed by atoms with Gasteiger partial charge in [-0.05, 0) is 44.3 Å². The molecule has 2 aromatic carbocycles. The molecule has 5 heteroatoms. The number of fused-ring (bicyclic) bond motifs is 3. The van der Waals surface area contributed by atoms with Crippen LogP contribution >= 0.6 is 0 Å². The number of rotatable bonds is 6. The van der Waals surface area contributed by atoms with Crippen molar-refractivity contribution in [2.45, 2.75) is 27.3 Å². The number of carbonyl (C=O) groups is 1. The molecule has 0 amide bonds. The third-order valence-electron chi connectivity index (χ3n) is 5.45. The summed E-state index contributed by atoms with van der Waals surface area (Å²) in [5.41, 5.74) is 6.19. The summed E-state index contributed by atoms with van der Waals surface area (Å²) in [6.07, 6.45) is 0. The third-order valence-corrected chi connectivity index (χ3v) is 5.45. The molecule has 0 radical (unpaired) electrons.